The van der Waals surface area contributed by atoms with Crippen LogP contribution in [0.1, 0.15) is 5.56 Å². The zero-order valence-electron chi connectivity index (χ0n) is 18.1. The molecule has 0 nitrogen and oxygen atoms in total. The lowest BCUT2D eigenvalue weighted by molar-refractivity contribution is 1.47. The lowest BCUT2D eigenvalue weighted by Gasteiger charge is -2.10. The first-order valence-electron chi connectivity index (χ1n) is 11.1. The van der Waals surface area contributed by atoms with Crippen LogP contribution in [0.25, 0.3) is 62.6 Å². The maximum absolute atomic E-state index is 3.80. The summed E-state index contributed by atoms with van der Waals surface area (Å²) in [5.41, 5.74) is 6.12. The molecule has 0 unspecified atom stereocenters. The highest BCUT2D eigenvalue weighted by Gasteiger charge is 2.14. The van der Waals surface area contributed by atoms with E-state index in [1.807, 2.05) is 22.7 Å². The van der Waals surface area contributed by atoms with Gasteiger partial charge < -0.3 is 0 Å². The van der Waals surface area contributed by atoms with E-state index in [-0.39, 0.29) is 0 Å². The summed E-state index contributed by atoms with van der Waals surface area (Å²) in [6, 6.07) is 39.1. The van der Waals surface area contributed by atoms with E-state index < -0.39 is 0 Å². The van der Waals surface area contributed by atoms with Gasteiger partial charge in [0.05, 0.1) is 0 Å². The van der Waals surface area contributed by atoms with Crippen molar-refractivity contribution in [1.29, 1.82) is 0 Å². The molecule has 0 spiro atoms. The number of hydrogen-bond donors (Lipinski definition) is 0. The second-order valence-corrected chi connectivity index (χ2v) is 10.7. The van der Waals surface area contributed by atoms with Gasteiger partial charge in [0.2, 0.25) is 0 Å². The maximum Gasteiger partial charge on any atom is 0.0434 e. The van der Waals surface area contributed by atoms with Gasteiger partial charge in [-0.05, 0) is 41.8 Å². The zero-order chi connectivity index (χ0) is 21.9. The predicted octanol–water partition coefficient (Wildman–Crippen LogP) is 9.87. The molecule has 0 bridgehead atoms. The first kappa shape index (κ1) is 19.0. The highest BCUT2D eigenvalue weighted by atomic mass is 32.1. The Morgan fingerprint density at radius 2 is 0.970 bits per heavy atom. The molecule has 155 valence electrons. The third kappa shape index (κ3) is 2.95. The molecule has 2 heterocycles. The fourth-order valence-corrected chi connectivity index (χ4v) is 7.38. The van der Waals surface area contributed by atoms with Crippen molar-refractivity contribution in [2.45, 2.75) is 6.92 Å². The van der Waals surface area contributed by atoms with E-state index in [4.69, 9.17) is 0 Å². The van der Waals surface area contributed by atoms with Gasteiger partial charge in [-0.15, -0.1) is 22.7 Å². The molecule has 0 aliphatic rings. The molecule has 0 aliphatic carbocycles. The SMILES string of the molecule is Cc1cc(-c2cccc3c2sc2ccccc23)[c]c(-c2cccc3c2sc2ccccc23)c1. The van der Waals surface area contributed by atoms with E-state index in [2.05, 4.69) is 110 Å². The molecule has 0 atom stereocenters. The van der Waals surface area contributed by atoms with E-state index in [0.717, 1.165) is 0 Å². The van der Waals surface area contributed by atoms with Gasteiger partial charge in [0, 0.05) is 51.5 Å². The minimum atomic E-state index is 1.17. The average molecular weight is 456 g/mol. The van der Waals surface area contributed by atoms with Gasteiger partial charge in [0.25, 0.3) is 0 Å². The molecule has 7 rings (SSSR count). The molecule has 0 aliphatic heterocycles. The molecule has 2 aromatic heterocycles. The Morgan fingerprint density at radius 1 is 0.515 bits per heavy atom. The zero-order valence-corrected chi connectivity index (χ0v) is 19.7. The van der Waals surface area contributed by atoms with Crippen LogP contribution in [0.4, 0.5) is 0 Å². The summed E-state index contributed by atoms with van der Waals surface area (Å²) in [5, 5.41) is 5.33. The molecule has 33 heavy (non-hydrogen) atoms. The Bertz CT molecular complexity index is 1700. The van der Waals surface area contributed by atoms with Crippen LogP contribution in [0.5, 0.6) is 0 Å². The minimum Gasteiger partial charge on any atom is -0.135 e. The van der Waals surface area contributed by atoms with Crippen molar-refractivity contribution in [3.05, 3.63) is 109 Å². The van der Waals surface area contributed by atoms with Crippen molar-refractivity contribution in [3.63, 3.8) is 0 Å². The van der Waals surface area contributed by atoms with Gasteiger partial charge in [-0.1, -0.05) is 84.9 Å². The van der Waals surface area contributed by atoms with Gasteiger partial charge >= 0.3 is 0 Å². The molecule has 0 amide bonds. The highest BCUT2D eigenvalue weighted by Crippen LogP contribution is 2.43. The lowest BCUT2D eigenvalue weighted by Crippen LogP contribution is -1.86. The molecule has 0 saturated heterocycles. The third-order valence-electron chi connectivity index (χ3n) is 6.40. The molecule has 1 radical (unpaired) electrons. The topological polar surface area (TPSA) is 0 Å². The van der Waals surface area contributed by atoms with Crippen LogP contribution < -0.4 is 0 Å². The largest absolute Gasteiger partial charge is 0.135 e. The fraction of sp³-hybridized carbons (Fsp3) is 0.0323. The van der Waals surface area contributed by atoms with Gasteiger partial charge in [-0.2, -0.15) is 0 Å². The average Bonchev–Trinajstić information content (AvgIpc) is 3.42. The Labute approximate surface area is 200 Å². The molecular weight excluding hydrogens is 436 g/mol. The monoisotopic (exact) mass is 455 g/mol. The van der Waals surface area contributed by atoms with Crippen molar-refractivity contribution in [3.8, 4) is 22.3 Å². The summed E-state index contributed by atoms with van der Waals surface area (Å²) in [5.74, 6) is 0. The lowest BCUT2D eigenvalue weighted by atomic mass is 9.95. The normalized spacial score (nSPS) is 11.8. The van der Waals surface area contributed by atoms with Crippen molar-refractivity contribution in [1.82, 2.24) is 0 Å². The fourth-order valence-electron chi connectivity index (χ4n) is 4.92. The van der Waals surface area contributed by atoms with Gasteiger partial charge in [0.1, 0.15) is 0 Å². The number of aryl methyl sites for hydroxylation is 1. The first-order chi connectivity index (χ1) is 16.3. The van der Waals surface area contributed by atoms with Gasteiger partial charge in [0.15, 0.2) is 0 Å². The van der Waals surface area contributed by atoms with Gasteiger partial charge in [-0.25, -0.2) is 0 Å². The molecule has 0 saturated carbocycles. The number of benzene rings is 5. The van der Waals surface area contributed by atoms with Crippen molar-refractivity contribution in [2.24, 2.45) is 0 Å². The molecule has 0 fully saturated rings. The molecule has 5 aromatic carbocycles. The summed E-state index contributed by atoms with van der Waals surface area (Å²) in [7, 11) is 0. The first-order valence-corrected chi connectivity index (χ1v) is 12.7. The summed E-state index contributed by atoms with van der Waals surface area (Å²) < 4.78 is 5.35. The summed E-state index contributed by atoms with van der Waals surface area (Å²) >= 11 is 3.76. The Morgan fingerprint density at radius 3 is 1.48 bits per heavy atom. The van der Waals surface area contributed by atoms with Gasteiger partial charge in [-0.3, -0.25) is 0 Å². The molecule has 0 N–H and O–H groups in total. The maximum atomic E-state index is 3.80. The van der Waals surface area contributed by atoms with Crippen LogP contribution in [0.3, 0.4) is 0 Å². The van der Waals surface area contributed by atoms with Crippen LogP contribution >= 0.6 is 22.7 Å². The van der Waals surface area contributed by atoms with E-state index in [1.165, 1.54) is 68.2 Å². The van der Waals surface area contributed by atoms with E-state index in [9.17, 15) is 0 Å². The van der Waals surface area contributed by atoms with E-state index in [1.54, 1.807) is 0 Å². The van der Waals surface area contributed by atoms with E-state index in [0.29, 0.717) is 0 Å². The molecule has 7 aromatic rings. The summed E-state index contributed by atoms with van der Waals surface area (Å²) in [6.07, 6.45) is 0. The Kier molecular flexibility index (Phi) is 4.20. The second-order valence-electron chi connectivity index (χ2n) is 8.55. The Hall–Kier alpha value is -3.46. The van der Waals surface area contributed by atoms with Crippen molar-refractivity contribution in [2.75, 3.05) is 0 Å². The molecular formula is C31H19S2. The summed E-state index contributed by atoms with van der Waals surface area (Å²) in [6.45, 7) is 2.19. The van der Waals surface area contributed by atoms with Crippen molar-refractivity contribution >= 4 is 63.0 Å². The highest BCUT2D eigenvalue weighted by molar-refractivity contribution is 7.26. The minimum absolute atomic E-state index is 1.17. The molecule has 2 heteroatoms. The quantitative estimate of drug-likeness (QED) is 0.243. The smallest absolute Gasteiger partial charge is 0.0434 e. The Balaban J connectivity index is 1.48. The van der Waals surface area contributed by atoms with Crippen LogP contribution in [0.2, 0.25) is 0 Å². The number of hydrogen-bond acceptors (Lipinski definition) is 2. The number of rotatable bonds is 2. The van der Waals surface area contributed by atoms with Crippen LogP contribution in [-0.4, -0.2) is 0 Å². The van der Waals surface area contributed by atoms with E-state index >= 15 is 0 Å². The standard InChI is InChI=1S/C31H19S2/c1-19-16-20(22-10-6-12-26-24-8-2-4-14-28(24)32-30(22)26)18-21(17-19)23-11-7-13-27-25-9-3-5-15-29(25)33-31(23)27/h2-17H,1H3. The second kappa shape index (κ2) is 7.28. The third-order valence-corrected chi connectivity index (χ3v) is 8.84. The van der Waals surface area contributed by atoms with Crippen LogP contribution in [0.15, 0.2) is 97.1 Å². The summed E-state index contributed by atoms with van der Waals surface area (Å²) in [4.78, 5) is 0. The van der Waals surface area contributed by atoms with Crippen LogP contribution in [-0.2, 0) is 0 Å². The van der Waals surface area contributed by atoms with Crippen LogP contribution in [0, 0.1) is 13.0 Å². The number of thiophene rings is 2. The predicted molar refractivity (Wildman–Crippen MR) is 147 cm³/mol. The number of fused-ring (bicyclic) bond motifs is 6. The van der Waals surface area contributed by atoms with Crippen molar-refractivity contribution < 1.29 is 0 Å².